The second-order valence-electron chi connectivity index (χ2n) is 5.01. The van der Waals surface area contributed by atoms with Gasteiger partial charge in [0.1, 0.15) is 16.9 Å². The molecule has 19 heavy (non-hydrogen) atoms. The molecule has 0 bridgehead atoms. The van der Waals surface area contributed by atoms with Crippen molar-refractivity contribution in [2.75, 3.05) is 0 Å². The molecule has 3 rings (SSSR count). The molecule has 98 valence electrons. The molecule has 1 aliphatic carbocycles. The molecule has 3 heteroatoms. The molecule has 1 heterocycles. The maximum absolute atomic E-state index is 12.0. The average molecular weight is 256 g/mol. The molecule has 0 aliphatic heterocycles. The van der Waals surface area contributed by atoms with Crippen molar-refractivity contribution in [1.29, 1.82) is 0 Å². The van der Waals surface area contributed by atoms with Crippen LogP contribution in [0.2, 0.25) is 0 Å². The number of benzene rings is 1. The minimum atomic E-state index is -0.464. The standard InChI is InChI=1S/C16H16O3/c17-15-12-8-4-5-9-14(12)19-16(18)13(15)10-11-6-2-1-3-7-11/h4-5,8-10,17H,1-3,6-7H2. The molecule has 0 atom stereocenters. The van der Waals surface area contributed by atoms with Gasteiger partial charge in [-0.3, -0.25) is 0 Å². The zero-order chi connectivity index (χ0) is 13.2. The fourth-order valence-corrected chi connectivity index (χ4v) is 2.63. The number of fused-ring (bicyclic) bond motifs is 1. The van der Waals surface area contributed by atoms with Gasteiger partial charge in [0.2, 0.25) is 0 Å². The summed E-state index contributed by atoms with van der Waals surface area (Å²) in [6.45, 7) is 0. The molecule has 0 radical (unpaired) electrons. The molecule has 2 aromatic rings. The Morgan fingerprint density at radius 1 is 1.11 bits per heavy atom. The van der Waals surface area contributed by atoms with Crippen LogP contribution in [0.5, 0.6) is 5.75 Å². The molecule has 1 N–H and O–H groups in total. The third-order valence-corrected chi connectivity index (χ3v) is 3.66. The second-order valence-corrected chi connectivity index (χ2v) is 5.01. The molecule has 1 fully saturated rings. The molecule has 0 unspecified atom stereocenters. The number of hydrogen-bond donors (Lipinski definition) is 1. The van der Waals surface area contributed by atoms with Crippen LogP contribution in [0.25, 0.3) is 17.0 Å². The zero-order valence-corrected chi connectivity index (χ0v) is 10.7. The van der Waals surface area contributed by atoms with Crippen molar-refractivity contribution in [3.05, 3.63) is 45.8 Å². The molecule has 0 saturated heterocycles. The number of hydrogen-bond acceptors (Lipinski definition) is 3. The smallest absolute Gasteiger partial charge is 0.347 e. The van der Waals surface area contributed by atoms with Crippen LogP contribution >= 0.6 is 0 Å². The molecule has 1 aliphatic rings. The average Bonchev–Trinajstić information content (AvgIpc) is 2.45. The molecule has 3 nitrogen and oxygen atoms in total. The lowest BCUT2D eigenvalue weighted by Crippen LogP contribution is -2.05. The first-order valence-electron chi connectivity index (χ1n) is 6.70. The van der Waals surface area contributed by atoms with E-state index in [1.165, 1.54) is 12.0 Å². The topological polar surface area (TPSA) is 50.4 Å². The van der Waals surface area contributed by atoms with Crippen molar-refractivity contribution in [1.82, 2.24) is 0 Å². The van der Waals surface area contributed by atoms with Gasteiger partial charge in [0.25, 0.3) is 0 Å². The highest BCUT2D eigenvalue weighted by Crippen LogP contribution is 2.30. The quantitative estimate of drug-likeness (QED) is 0.788. The summed E-state index contributed by atoms with van der Waals surface area (Å²) in [7, 11) is 0. The summed E-state index contributed by atoms with van der Waals surface area (Å²) in [5, 5.41) is 10.8. The van der Waals surface area contributed by atoms with Crippen molar-refractivity contribution in [2.45, 2.75) is 32.1 Å². The minimum Gasteiger partial charge on any atom is -0.506 e. The molecular formula is C16H16O3. The van der Waals surface area contributed by atoms with Crippen LogP contribution in [0.4, 0.5) is 0 Å². The van der Waals surface area contributed by atoms with E-state index in [4.69, 9.17) is 4.42 Å². The maximum atomic E-state index is 12.0. The molecule has 0 spiro atoms. The Balaban J connectivity index is 2.15. The molecule has 1 saturated carbocycles. The molecule has 1 aromatic carbocycles. The van der Waals surface area contributed by atoms with Crippen LogP contribution < -0.4 is 5.63 Å². The van der Waals surface area contributed by atoms with Crippen molar-refractivity contribution >= 4 is 17.0 Å². The third-order valence-electron chi connectivity index (χ3n) is 3.66. The van der Waals surface area contributed by atoms with Gasteiger partial charge in [-0.1, -0.05) is 24.1 Å². The van der Waals surface area contributed by atoms with Gasteiger partial charge >= 0.3 is 5.63 Å². The van der Waals surface area contributed by atoms with Gasteiger partial charge in [0, 0.05) is 0 Å². The lowest BCUT2D eigenvalue weighted by molar-refractivity contribution is 0.465. The van der Waals surface area contributed by atoms with Gasteiger partial charge in [0.05, 0.1) is 5.39 Å². The first-order valence-corrected chi connectivity index (χ1v) is 6.70. The van der Waals surface area contributed by atoms with Gasteiger partial charge in [-0.25, -0.2) is 4.79 Å². The predicted molar refractivity (Wildman–Crippen MR) is 75.2 cm³/mol. The summed E-state index contributed by atoms with van der Waals surface area (Å²) in [4.78, 5) is 12.0. The van der Waals surface area contributed by atoms with Crippen LogP contribution in [0.1, 0.15) is 37.7 Å². The lowest BCUT2D eigenvalue weighted by atomic mass is 9.93. The normalized spacial score (nSPS) is 15.7. The van der Waals surface area contributed by atoms with Gasteiger partial charge in [-0.15, -0.1) is 0 Å². The van der Waals surface area contributed by atoms with Gasteiger partial charge < -0.3 is 9.52 Å². The van der Waals surface area contributed by atoms with E-state index in [9.17, 15) is 9.90 Å². The SMILES string of the molecule is O=c1oc2ccccc2c(O)c1C=C1CCCCC1. The fourth-order valence-electron chi connectivity index (χ4n) is 2.63. The van der Waals surface area contributed by atoms with Crippen LogP contribution in [-0.2, 0) is 0 Å². The summed E-state index contributed by atoms with van der Waals surface area (Å²) in [5.41, 5.74) is 1.48. The van der Waals surface area contributed by atoms with E-state index in [1.54, 1.807) is 18.2 Å². The summed E-state index contributed by atoms with van der Waals surface area (Å²) in [6, 6.07) is 7.05. The van der Waals surface area contributed by atoms with Crippen molar-refractivity contribution in [2.24, 2.45) is 0 Å². The summed E-state index contributed by atoms with van der Waals surface area (Å²) in [6.07, 6.45) is 7.39. The molecular weight excluding hydrogens is 240 g/mol. The molecule has 1 aromatic heterocycles. The van der Waals surface area contributed by atoms with E-state index in [2.05, 4.69) is 0 Å². The first kappa shape index (κ1) is 12.0. The van der Waals surface area contributed by atoms with Crippen molar-refractivity contribution < 1.29 is 9.52 Å². The van der Waals surface area contributed by atoms with E-state index in [0.717, 1.165) is 25.7 Å². The van der Waals surface area contributed by atoms with Crippen molar-refractivity contribution in [3.8, 4) is 5.75 Å². The minimum absolute atomic E-state index is 0.0323. The third kappa shape index (κ3) is 2.28. The number of allylic oxidation sites excluding steroid dienone is 1. The monoisotopic (exact) mass is 256 g/mol. The lowest BCUT2D eigenvalue weighted by Gasteiger charge is -2.13. The van der Waals surface area contributed by atoms with Gasteiger partial charge in [-0.2, -0.15) is 0 Å². The zero-order valence-electron chi connectivity index (χ0n) is 10.7. The molecule has 0 amide bonds. The van der Waals surface area contributed by atoms with Crippen LogP contribution in [-0.4, -0.2) is 5.11 Å². The highest BCUT2D eigenvalue weighted by Gasteiger charge is 2.13. The van der Waals surface area contributed by atoms with Crippen molar-refractivity contribution in [3.63, 3.8) is 0 Å². The Morgan fingerprint density at radius 2 is 1.84 bits per heavy atom. The van der Waals surface area contributed by atoms with Crippen LogP contribution in [0.3, 0.4) is 0 Å². The Bertz CT molecular complexity index is 687. The van der Waals surface area contributed by atoms with E-state index in [1.807, 2.05) is 12.1 Å². The Morgan fingerprint density at radius 3 is 2.63 bits per heavy atom. The highest BCUT2D eigenvalue weighted by molar-refractivity contribution is 5.86. The highest BCUT2D eigenvalue weighted by atomic mass is 16.4. The predicted octanol–water partition coefficient (Wildman–Crippen LogP) is 3.85. The van der Waals surface area contributed by atoms with E-state index in [-0.39, 0.29) is 11.3 Å². The fraction of sp³-hybridized carbons (Fsp3) is 0.312. The summed E-state index contributed by atoms with van der Waals surface area (Å²) in [5.74, 6) is 0.0323. The number of aromatic hydroxyl groups is 1. The van der Waals surface area contributed by atoms with E-state index < -0.39 is 5.63 Å². The van der Waals surface area contributed by atoms with Gasteiger partial charge in [-0.05, 0) is 43.9 Å². The largest absolute Gasteiger partial charge is 0.506 e. The van der Waals surface area contributed by atoms with E-state index in [0.29, 0.717) is 11.0 Å². The summed E-state index contributed by atoms with van der Waals surface area (Å²) >= 11 is 0. The van der Waals surface area contributed by atoms with Gasteiger partial charge in [0.15, 0.2) is 0 Å². The first-order chi connectivity index (χ1) is 9.25. The Kier molecular flexibility index (Phi) is 3.11. The van der Waals surface area contributed by atoms with E-state index >= 15 is 0 Å². The second kappa shape index (κ2) is 4.92. The summed E-state index contributed by atoms with van der Waals surface area (Å²) < 4.78 is 5.26. The number of rotatable bonds is 1. The Hall–Kier alpha value is -2.03. The van der Waals surface area contributed by atoms with Crippen LogP contribution in [0, 0.1) is 0 Å². The number of para-hydroxylation sites is 1. The van der Waals surface area contributed by atoms with Crippen LogP contribution in [0.15, 0.2) is 39.1 Å². The maximum Gasteiger partial charge on any atom is 0.347 e. The Labute approximate surface area is 111 Å².